The van der Waals surface area contributed by atoms with Gasteiger partial charge < -0.3 is 0 Å². The van der Waals surface area contributed by atoms with Gasteiger partial charge in [0.1, 0.15) is 0 Å². The summed E-state index contributed by atoms with van der Waals surface area (Å²) in [6.45, 7) is 5.89. The summed E-state index contributed by atoms with van der Waals surface area (Å²) in [5.74, 6) is 0. The molecule has 0 aliphatic rings. The van der Waals surface area contributed by atoms with Gasteiger partial charge in [-0.3, -0.25) is 0 Å². The summed E-state index contributed by atoms with van der Waals surface area (Å²) < 4.78 is 0. The molecule has 0 rings (SSSR count). The zero-order chi connectivity index (χ0) is 6.24. The summed E-state index contributed by atoms with van der Waals surface area (Å²) in [6.07, 6.45) is 8.61. The van der Waals surface area contributed by atoms with Crippen LogP contribution in [0.5, 0.6) is 0 Å². The normalized spacial score (nSPS) is 8.11. The predicted octanol–water partition coefficient (Wildman–Crippen LogP) is 3.14. The van der Waals surface area contributed by atoms with Gasteiger partial charge in [0.25, 0.3) is 0 Å². The van der Waals surface area contributed by atoms with Gasteiger partial charge in [0, 0.05) is 16.5 Å². The zero-order valence-corrected chi connectivity index (χ0v) is 7.12. The van der Waals surface area contributed by atoms with Crippen LogP contribution >= 0.6 is 0 Å². The van der Waals surface area contributed by atoms with Gasteiger partial charge in [-0.15, -0.1) is 6.58 Å². The smallest absolute Gasteiger partial charge is 0 e. The van der Waals surface area contributed by atoms with Crippen molar-refractivity contribution in [3.8, 4) is 0 Å². The summed E-state index contributed by atoms with van der Waals surface area (Å²) >= 11 is 0. The first-order valence-electron chi connectivity index (χ1n) is 3.52. The van der Waals surface area contributed by atoms with E-state index in [-0.39, 0.29) is 16.5 Å². The molecule has 0 aromatic rings. The van der Waals surface area contributed by atoms with Crippen molar-refractivity contribution in [2.75, 3.05) is 0 Å². The van der Waals surface area contributed by atoms with Gasteiger partial charge >= 0.3 is 0 Å². The molecule has 0 N–H and O–H groups in total. The molecule has 0 atom stereocenters. The molecule has 58 valence electrons. The fourth-order valence-corrected chi connectivity index (χ4v) is 0.715. The van der Waals surface area contributed by atoms with Crippen molar-refractivity contribution in [3.05, 3.63) is 12.7 Å². The third-order valence-corrected chi connectivity index (χ3v) is 1.26. The minimum Gasteiger partial charge on any atom is -0.103 e. The quantitative estimate of drug-likeness (QED) is 0.338. The van der Waals surface area contributed by atoms with Gasteiger partial charge in [-0.2, -0.15) is 0 Å². The predicted molar refractivity (Wildman–Crippen MR) is 39.0 cm³/mol. The largest absolute Gasteiger partial charge is 0.103 e. The molecular formula is C8H16Ni. The van der Waals surface area contributed by atoms with Crippen LogP contribution in [0.2, 0.25) is 0 Å². The molecule has 0 saturated carbocycles. The Balaban J connectivity index is 0. The second kappa shape index (κ2) is 11.1. The second-order valence-electron chi connectivity index (χ2n) is 2.14. The first-order chi connectivity index (χ1) is 3.91. The van der Waals surface area contributed by atoms with Crippen molar-refractivity contribution in [1.82, 2.24) is 0 Å². The van der Waals surface area contributed by atoms with Crippen LogP contribution < -0.4 is 0 Å². The van der Waals surface area contributed by atoms with Crippen LogP contribution in [0.15, 0.2) is 12.7 Å². The molecule has 0 aromatic carbocycles. The molecule has 0 bridgehead atoms. The van der Waals surface area contributed by atoms with Gasteiger partial charge in [0.05, 0.1) is 0 Å². The molecule has 0 heterocycles. The van der Waals surface area contributed by atoms with Crippen LogP contribution in [0, 0.1) is 0 Å². The minimum absolute atomic E-state index is 0. The van der Waals surface area contributed by atoms with Crippen molar-refractivity contribution >= 4 is 0 Å². The zero-order valence-electron chi connectivity index (χ0n) is 6.14. The maximum atomic E-state index is 3.66. The summed E-state index contributed by atoms with van der Waals surface area (Å²) in [5, 5.41) is 0. The van der Waals surface area contributed by atoms with E-state index in [4.69, 9.17) is 0 Å². The molecule has 0 nitrogen and oxygen atoms in total. The van der Waals surface area contributed by atoms with Gasteiger partial charge in [0.15, 0.2) is 0 Å². The van der Waals surface area contributed by atoms with Gasteiger partial charge in [0.2, 0.25) is 0 Å². The van der Waals surface area contributed by atoms with Crippen molar-refractivity contribution < 1.29 is 16.5 Å². The van der Waals surface area contributed by atoms with Crippen molar-refractivity contribution in [1.29, 1.82) is 0 Å². The minimum atomic E-state index is 0. The Hall–Kier alpha value is 0.234. The number of rotatable bonds is 5. The molecule has 1 heteroatoms. The van der Waals surface area contributed by atoms with Crippen LogP contribution in [0.4, 0.5) is 0 Å². The molecule has 0 radical (unpaired) electrons. The van der Waals surface area contributed by atoms with E-state index in [2.05, 4.69) is 13.5 Å². The molecule has 9 heavy (non-hydrogen) atoms. The number of hydrogen-bond donors (Lipinski definition) is 0. The molecule has 0 fully saturated rings. The summed E-state index contributed by atoms with van der Waals surface area (Å²) in [7, 11) is 0. The fourth-order valence-electron chi connectivity index (χ4n) is 0.715. The molecular weight excluding hydrogens is 155 g/mol. The fraction of sp³-hybridized carbons (Fsp3) is 0.750. The van der Waals surface area contributed by atoms with Crippen molar-refractivity contribution in [3.63, 3.8) is 0 Å². The number of unbranched alkanes of at least 4 members (excludes halogenated alkanes) is 4. The Morgan fingerprint density at radius 1 is 1.22 bits per heavy atom. The van der Waals surface area contributed by atoms with Crippen molar-refractivity contribution in [2.45, 2.75) is 39.0 Å². The Kier molecular flexibility index (Phi) is 14.7. The monoisotopic (exact) mass is 170 g/mol. The van der Waals surface area contributed by atoms with E-state index >= 15 is 0 Å². The summed E-state index contributed by atoms with van der Waals surface area (Å²) in [6, 6.07) is 0. The number of allylic oxidation sites excluding steroid dienone is 1. The Morgan fingerprint density at radius 2 is 1.89 bits per heavy atom. The van der Waals surface area contributed by atoms with E-state index in [9.17, 15) is 0 Å². The van der Waals surface area contributed by atoms with E-state index in [1.165, 1.54) is 32.1 Å². The maximum Gasteiger partial charge on any atom is 0 e. The summed E-state index contributed by atoms with van der Waals surface area (Å²) in [5.41, 5.74) is 0. The molecule has 0 saturated heterocycles. The first-order valence-corrected chi connectivity index (χ1v) is 3.52. The van der Waals surface area contributed by atoms with E-state index in [1.807, 2.05) is 6.08 Å². The number of hydrogen-bond acceptors (Lipinski definition) is 0. The average Bonchev–Trinajstić information content (AvgIpc) is 1.81. The third-order valence-electron chi connectivity index (χ3n) is 1.26. The third kappa shape index (κ3) is 11.7. The Bertz CT molecular complexity index is 50.5. The molecule has 0 aromatic heterocycles. The Labute approximate surface area is 68.7 Å². The van der Waals surface area contributed by atoms with Crippen LogP contribution in [-0.4, -0.2) is 0 Å². The standard InChI is InChI=1S/C8H16.Ni/c1-3-5-7-8-6-4-2;/h3H,1,4-8H2,2H3;. The maximum absolute atomic E-state index is 3.66. The van der Waals surface area contributed by atoms with Crippen LogP contribution in [0.1, 0.15) is 39.0 Å². The van der Waals surface area contributed by atoms with Gasteiger partial charge in [-0.05, 0) is 12.8 Å². The van der Waals surface area contributed by atoms with Crippen LogP contribution in [0.25, 0.3) is 0 Å². The van der Waals surface area contributed by atoms with Crippen LogP contribution in [-0.2, 0) is 16.5 Å². The van der Waals surface area contributed by atoms with Gasteiger partial charge in [-0.25, -0.2) is 0 Å². The van der Waals surface area contributed by atoms with E-state index < -0.39 is 0 Å². The Morgan fingerprint density at radius 3 is 2.33 bits per heavy atom. The van der Waals surface area contributed by atoms with E-state index in [0.29, 0.717) is 0 Å². The van der Waals surface area contributed by atoms with E-state index in [0.717, 1.165) is 0 Å². The average molecular weight is 171 g/mol. The molecule has 0 amide bonds. The molecule has 0 spiro atoms. The first kappa shape index (κ1) is 12.0. The SMILES string of the molecule is C=CCCCCCC.[Ni]. The van der Waals surface area contributed by atoms with Crippen molar-refractivity contribution in [2.24, 2.45) is 0 Å². The van der Waals surface area contributed by atoms with Gasteiger partial charge in [-0.1, -0.05) is 32.3 Å². The topological polar surface area (TPSA) is 0 Å². The molecule has 0 aliphatic heterocycles. The molecule has 0 aliphatic carbocycles. The van der Waals surface area contributed by atoms with Crippen LogP contribution in [0.3, 0.4) is 0 Å². The molecule has 0 unspecified atom stereocenters. The second-order valence-corrected chi connectivity index (χ2v) is 2.14. The summed E-state index contributed by atoms with van der Waals surface area (Å²) in [4.78, 5) is 0. The van der Waals surface area contributed by atoms with E-state index in [1.54, 1.807) is 0 Å².